The van der Waals surface area contributed by atoms with Crippen LogP contribution in [0.25, 0.3) is 0 Å². The Hall–Kier alpha value is -2.09. The summed E-state index contributed by atoms with van der Waals surface area (Å²) in [6.07, 6.45) is 2.42. The van der Waals surface area contributed by atoms with E-state index in [1.165, 1.54) is 10.4 Å². The first-order chi connectivity index (χ1) is 13.0. The van der Waals surface area contributed by atoms with Gasteiger partial charge in [0.2, 0.25) is 10.0 Å². The lowest BCUT2D eigenvalue weighted by atomic mass is 10.1. The van der Waals surface area contributed by atoms with Crippen LogP contribution in [-0.4, -0.2) is 37.9 Å². The SMILES string of the molecule is O=C(NC[C@H]1CCCCN1S(=O)(=O)c1cccc(Cl)c1)Nc1ccccc1. The van der Waals surface area contributed by atoms with Crippen LogP contribution in [0.2, 0.25) is 5.02 Å². The zero-order chi connectivity index (χ0) is 19.3. The van der Waals surface area contributed by atoms with Gasteiger partial charge in [-0.25, -0.2) is 13.2 Å². The van der Waals surface area contributed by atoms with Gasteiger partial charge in [-0.1, -0.05) is 42.3 Å². The van der Waals surface area contributed by atoms with Crippen molar-refractivity contribution in [3.05, 3.63) is 59.6 Å². The summed E-state index contributed by atoms with van der Waals surface area (Å²) in [7, 11) is -3.66. The van der Waals surface area contributed by atoms with E-state index in [4.69, 9.17) is 11.6 Å². The number of rotatable bonds is 5. The minimum absolute atomic E-state index is 0.177. The van der Waals surface area contributed by atoms with Crippen molar-refractivity contribution in [1.82, 2.24) is 9.62 Å². The number of hydrogen-bond acceptors (Lipinski definition) is 3. The summed E-state index contributed by atoms with van der Waals surface area (Å²) < 4.78 is 27.5. The fraction of sp³-hybridized carbons (Fsp3) is 0.316. The van der Waals surface area contributed by atoms with Crippen molar-refractivity contribution in [3.8, 4) is 0 Å². The average molecular weight is 408 g/mol. The second-order valence-electron chi connectivity index (χ2n) is 6.42. The van der Waals surface area contributed by atoms with Crippen molar-refractivity contribution in [2.45, 2.75) is 30.2 Å². The van der Waals surface area contributed by atoms with Crippen LogP contribution in [0.3, 0.4) is 0 Å². The van der Waals surface area contributed by atoms with E-state index < -0.39 is 10.0 Å². The van der Waals surface area contributed by atoms with Gasteiger partial charge in [-0.05, 0) is 43.2 Å². The van der Waals surface area contributed by atoms with Crippen molar-refractivity contribution in [1.29, 1.82) is 0 Å². The lowest BCUT2D eigenvalue weighted by Crippen LogP contribution is -2.49. The second kappa shape index (κ2) is 8.73. The third-order valence-corrected chi connectivity index (χ3v) is 6.69. The highest BCUT2D eigenvalue weighted by Gasteiger charge is 2.33. The van der Waals surface area contributed by atoms with Crippen LogP contribution in [-0.2, 0) is 10.0 Å². The van der Waals surface area contributed by atoms with E-state index >= 15 is 0 Å². The van der Waals surface area contributed by atoms with Crippen molar-refractivity contribution in [2.75, 3.05) is 18.4 Å². The lowest BCUT2D eigenvalue weighted by molar-refractivity contribution is 0.231. The van der Waals surface area contributed by atoms with Crippen LogP contribution >= 0.6 is 11.6 Å². The monoisotopic (exact) mass is 407 g/mol. The highest BCUT2D eigenvalue weighted by atomic mass is 35.5. The minimum Gasteiger partial charge on any atom is -0.336 e. The van der Waals surface area contributed by atoms with Gasteiger partial charge in [0, 0.05) is 29.8 Å². The summed E-state index contributed by atoms with van der Waals surface area (Å²) in [6, 6.07) is 14.7. The molecule has 3 rings (SSSR count). The van der Waals surface area contributed by atoms with Crippen LogP contribution < -0.4 is 10.6 Å². The van der Waals surface area contributed by atoms with E-state index in [0.29, 0.717) is 23.7 Å². The number of para-hydroxylation sites is 1. The van der Waals surface area contributed by atoms with Crippen LogP contribution in [0.5, 0.6) is 0 Å². The van der Waals surface area contributed by atoms with Gasteiger partial charge in [0.15, 0.2) is 0 Å². The molecule has 1 aliphatic heterocycles. The summed E-state index contributed by atoms with van der Waals surface area (Å²) in [4.78, 5) is 12.3. The van der Waals surface area contributed by atoms with Gasteiger partial charge in [0.1, 0.15) is 0 Å². The van der Waals surface area contributed by atoms with E-state index in [0.717, 1.165) is 12.8 Å². The number of benzene rings is 2. The third-order valence-electron chi connectivity index (χ3n) is 4.51. The molecule has 27 heavy (non-hydrogen) atoms. The predicted octanol–water partition coefficient (Wildman–Crippen LogP) is 3.70. The Bertz CT molecular complexity index is 890. The number of nitrogens with zero attached hydrogens (tertiary/aromatic N) is 1. The molecule has 0 unspecified atom stereocenters. The number of urea groups is 1. The maximum atomic E-state index is 13.0. The molecule has 1 atom stereocenters. The second-order valence-corrected chi connectivity index (χ2v) is 8.75. The highest BCUT2D eigenvalue weighted by Crippen LogP contribution is 2.26. The normalized spacial score (nSPS) is 18.0. The smallest absolute Gasteiger partial charge is 0.319 e. The lowest BCUT2D eigenvalue weighted by Gasteiger charge is -2.34. The first kappa shape index (κ1) is 19.7. The van der Waals surface area contributed by atoms with Crippen molar-refractivity contribution in [2.24, 2.45) is 0 Å². The van der Waals surface area contributed by atoms with E-state index in [1.807, 2.05) is 18.2 Å². The molecular weight excluding hydrogens is 386 g/mol. The summed E-state index contributed by atoms with van der Waals surface area (Å²) >= 11 is 5.96. The number of carbonyl (C=O) groups excluding carboxylic acids is 1. The van der Waals surface area contributed by atoms with Crippen LogP contribution in [0, 0.1) is 0 Å². The maximum Gasteiger partial charge on any atom is 0.319 e. The van der Waals surface area contributed by atoms with E-state index in [2.05, 4.69) is 10.6 Å². The van der Waals surface area contributed by atoms with Gasteiger partial charge in [-0.3, -0.25) is 0 Å². The summed E-state index contributed by atoms with van der Waals surface area (Å²) in [6.45, 7) is 0.681. The first-order valence-corrected chi connectivity index (χ1v) is 10.7. The summed E-state index contributed by atoms with van der Waals surface area (Å²) in [5.74, 6) is 0. The molecule has 2 aromatic rings. The largest absolute Gasteiger partial charge is 0.336 e. The van der Waals surface area contributed by atoms with Crippen LogP contribution in [0.15, 0.2) is 59.5 Å². The number of piperidine rings is 1. The average Bonchev–Trinajstić information content (AvgIpc) is 2.67. The predicted molar refractivity (Wildman–Crippen MR) is 106 cm³/mol. The van der Waals surface area contributed by atoms with Gasteiger partial charge in [0.05, 0.1) is 4.90 Å². The van der Waals surface area contributed by atoms with E-state index in [9.17, 15) is 13.2 Å². The van der Waals surface area contributed by atoms with Gasteiger partial charge < -0.3 is 10.6 Å². The molecule has 0 spiro atoms. The van der Waals surface area contributed by atoms with Gasteiger partial charge in [0.25, 0.3) is 0 Å². The molecule has 2 amide bonds. The molecule has 0 radical (unpaired) electrons. The Balaban J connectivity index is 1.67. The van der Waals surface area contributed by atoms with Crippen LogP contribution in [0.4, 0.5) is 10.5 Å². The molecule has 2 aromatic carbocycles. The molecule has 1 saturated heterocycles. The Morgan fingerprint density at radius 1 is 1.11 bits per heavy atom. The van der Waals surface area contributed by atoms with Crippen molar-refractivity contribution >= 4 is 33.3 Å². The molecule has 1 aliphatic rings. The Morgan fingerprint density at radius 2 is 1.89 bits per heavy atom. The molecule has 2 N–H and O–H groups in total. The Morgan fingerprint density at radius 3 is 2.63 bits per heavy atom. The number of amides is 2. The molecule has 8 heteroatoms. The molecule has 0 bridgehead atoms. The molecular formula is C19H22ClN3O3S. The Kier molecular flexibility index (Phi) is 6.36. The molecule has 0 saturated carbocycles. The molecule has 0 aromatic heterocycles. The third kappa shape index (κ3) is 5.00. The molecule has 6 nitrogen and oxygen atoms in total. The highest BCUT2D eigenvalue weighted by molar-refractivity contribution is 7.89. The molecule has 0 aliphatic carbocycles. The number of carbonyl (C=O) groups is 1. The number of anilines is 1. The quantitative estimate of drug-likeness (QED) is 0.793. The fourth-order valence-corrected chi connectivity index (χ4v) is 5.16. The van der Waals surface area contributed by atoms with E-state index in [-0.39, 0.29) is 23.5 Å². The van der Waals surface area contributed by atoms with E-state index in [1.54, 1.807) is 30.3 Å². The van der Waals surface area contributed by atoms with Gasteiger partial charge in [-0.2, -0.15) is 4.31 Å². The van der Waals surface area contributed by atoms with Gasteiger partial charge >= 0.3 is 6.03 Å². The number of nitrogens with one attached hydrogen (secondary N) is 2. The summed E-state index contributed by atoms with van der Waals surface area (Å²) in [5, 5.41) is 5.90. The minimum atomic E-state index is -3.66. The van der Waals surface area contributed by atoms with Crippen molar-refractivity contribution in [3.63, 3.8) is 0 Å². The van der Waals surface area contributed by atoms with Crippen molar-refractivity contribution < 1.29 is 13.2 Å². The molecule has 1 fully saturated rings. The zero-order valence-electron chi connectivity index (χ0n) is 14.8. The molecule has 1 heterocycles. The van der Waals surface area contributed by atoms with Gasteiger partial charge in [-0.15, -0.1) is 0 Å². The standard InChI is InChI=1S/C19H22ClN3O3S/c20-15-7-6-11-18(13-15)27(25,26)23-12-5-4-10-17(23)14-21-19(24)22-16-8-2-1-3-9-16/h1-3,6-9,11,13,17H,4-5,10,12,14H2,(H2,21,22,24)/t17-/m1/s1. The number of hydrogen-bond donors (Lipinski definition) is 2. The van der Waals surface area contributed by atoms with Crippen LogP contribution in [0.1, 0.15) is 19.3 Å². The number of sulfonamides is 1. The summed E-state index contributed by atoms with van der Waals surface area (Å²) in [5.41, 5.74) is 0.682. The fourth-order valence-electron chi connectivity index (χ4n) is 3.16. The zero-order valence-corrected chi connectivity index (χ0v) is 16.3. The first-order valence-electron chi connectivity index (χ1n) is 8.84. The number of halogens is 1. The maximum absolute atomic E-state index is 13.0. The Labute approximate surface area is 164 Å². The topological polar surface area (TPSA) is 78.5 Å². The molecule has 144 valence electrons.